The maximum absolute atomic E-state index is 12.9. The summed E-state index contributed by atoms with van der Waals surface area (Å²) < 4.78 is 7.24. The highest BCUT2D eigenvalue weighted by atomic mass is 16.5. The van der Waals surface area contributed by atoms with Crippen molar-refractivity contribution < 1.29 is 9.53 Å². The van der Waals surface area contributed by atoms with E-state index in [-0.39, 0.29) is 5.91 Å². The van der Waals surface area contributed by atoms with Gasteiger partial charge in [0.1, 0.15) is 5.69 Å². The van der Waals surface area contributed by atoms with Crippen molar-refractivity contribution in [2.45, 2.75) is 20.4 Å². The first-order valence-electron chi connectivity index (χ1n) is 10.2. The van der Waals surface area contributed by atoms with Gasteiger partial charge in [0.05, 0.1) is 24.6 Å². The zero-order chi connectivity index (χ0) is 21.3. The highest BCUT2D eigenvalue weighted by molar-refractivity contribution is 5.93. The number of anilines is 1. The Balaban J connectivity index is 1.43. The minimum atomic E-state index is -0.0924. The fourth-order valence-corrected chi connectivity index (χ4v) is 3.89. The minimum absolute atomic E-state index is 0.0924. The molecular formula is C22H28N6O2. The van der Waals surface area contributed by atoms with Crippen LogP contribution in [0.4, 0.5) is 5.69 Å². The Labute approximate surface area is 176 Å². The Bertz CT molecular complexity index is 1030. The number of aromatic amines is 1. The van der Waals surface area contributed by atoms with E-state index in [9.17, 15) is 4.79 Å². The van der Waals surface area contributed by atoms with E-state index in [0.717, 1.165) is 54.5 Å². The van der Waals surface area contributed by atoms with Crippen molar-refractivity contribution >= 4 is 11.6 Å². The summed E-state index contributed by atoms with van der Waals surface area (Å²) in [7, 11) is 3.71. The van der Waals surface area contributed by atoms with Crippen molar-refractivity contribution in [3.8, 4) is 11.3 Å². The lowest BCUT2D eigenvalue weighted by molar-refractivity contribution is 0.0779. The van der Waals surface area contributed by atoms with Crippen LogP contribution in [0.2, 0.25) is 0 Å². The zero-order valence-corrected chi connectivity index (χ0v) is 18.0. The third-order valence-electron chi connectivity index (χ3n) is 5.65. The Morgan fingerprint density at radius 1 is 1.20 bits per heavy atom. The lowest BCUT2D eigenvalue weighted by Crippen LogP contribution is -2.36. The molecule has 0 spiro atoms. The van der Waals surface area contributed by atoms with Gasteiger partial charge in [0, 0.05) is 50.7 Å². The molecule has 8 heteroatoms. The van der Waals surface area contributed by atoms with Crippen LogP contribution in [-0.2, 0) is 18.3 Å². The van der Waals surface area contributed by atoms with Gasteiger partial charge in [0.25, 0.3) is 5.91 Å². The summed E-state index contributed by atoms with van der Waals surface area (Å²) in [6.45, 7) is 7.84. The summed E-state index contributed by atoms with van der Waals surface area (Å²) in [5, 5.41) is 11.7. The second-order valence-corrected chi connectivity index (χ2v) is 7.76. The van der Waals surface area contributed by atoms with Crippen molar-refractivity contribution in [2.24, 2.45) is 7.05 Å². The molecular weight excluding hydrogens is 380 g/mol. The average molecular weight is 409 g/mol. The van der Waals surface area contributed by atoms with Crippen molar-refractivity contribution in [3.05, 3.63) is 53.0 Å². The summed E-state index contributed by atoms with van der Waals surface area (Å²) in [4.78, 5) is 16.9. The molecule has 0 aliphatic carbocycles. The van der Waals surface area contributed by atoms with E-state index >= 15 is 0 Å². The Morgan fingerprint density at radius 2 is 1.90 bits per heavy atom. The number of aromatic nitrogens is 4. The predicted octanol–water partition coefficient (Wildman–Crippen LogP) is 2.54. The van der Waals surface area contributed by atoms with Gasteiger partial charge in [-0.2, -0.15) is 10.2 Å². The van der Waals surface area contributed by atoms with Crippen LogP contribution < -0.4 is 4.90 Å². The molecule has 0 bridgehead atoms. The van der Waals surface area contributed by atoms with Gasteiger partial charge in [-0.05, 0) is 37.6 Å². The van der Waals surface area contributed by atoms with Gasteiger partial charge in [-0.3, -0.25) is 14.6 Å². The number of amides is 1. The fourth-order valence-electron chi connectivity index (χ4n) is 3.89. The summed E-state index contributed by atoms with van der Waals surface area (Å²) in [6.07, 6.45) is 0. The average Bonchev–Trinajstić information content (AvgIpc) is 3.32. The SMILES string of the molecule is Cc1nn(C)c(C)c1-c1cc(C(=O)N(C)Cc2ccc(N3CCOCC3)cc2)[nH]n1. The molecule has 1 aliphatic rings. The molecule has 30 heavy (non-hydrogen) atoms. The number of ether oxygens (including phenoxy) is 1. The quantitative estimate of drug-likeness (QED) is 0.702. The molecule has 158 valence electrons. The first-order valence-corrected chi connectivity index (χ1v) is 10.2. The second kappa shape index (κ2) is 8.31. The maximum atomic E-state index is 12.9. The van der Waals surface area contributed by atoms with E-state index < -0.39 is 0 Å². The third-order valence-corrected chi connectivity index (χ3v) is 5.65. The van der Waals surface area contributed by atoms with E-state index in [1.807, 2.05) is 25.6 Å². The Kier molecular flexibility index (Phi) is 5.59. The molecule has 1 fully saturated rings. The van der Waals surface area contributed by atoms with Gasteiger partial charge >= 0.3 is 0 Å². The highest BCUT2D eigenvalue weighted by Crippen LogP contribution is 2.25. The van der Waals surface area contributed by atoms with Gasteiger partial charge in [-0.25, -0.2) is 0 Å². The monoisotopic (exact) mass is 408 g/mol. The van der Waals surface area contributed by atoms with E-state index in [1.54, 1.807) is 18.0 Å². The van der Waals surface area contributed by atoms with Crippen molar-refractivity contribution in [3.63, 3.8) is 0 Å². The van der Waals surface area contributed by atoms with Crippen molar-refractivity contribution in [1.82, 2.24) is 24.9 Å². The number of carbonyl (C=O) groups is 1. The normalized spacial score (nSPS) is 14.2. The summed E-state index contributed by atoms with van der Waals surface area (Å²) >= 11 is 0. The molecule has 1 amide bonds. The largest absolute Gasteiger partial charge is 0.378 e. The summed E-state index contributed by atoms with van der Waals surface area (Å²) in [5.41, 5.74) is 6.37. The summed E-state index contributed by atoms with van der Waals surface area (Å²) in [6, 6.07) is 10.2. The molecule has 0 atom stereocenters. The fraction of sp³-hybridized carbons (Fsp3) is 0.409. The van der Waals surface area contributed by atoms with Crippen molar-refractivity contribution in [2.75, 3.05) is 38.3 Å². The van der Waals surface area contributed by atoms with Gasteiger partial charge in [0.2, 0.25) is 0 Å². The zero-order valence-electron chi connectivity index (χ0n) is 18.0. The van der Waals surface area contributed by atoms with Crippen LogP contribution in [0.1, 0.15) is 27.4 Å². The predicted molar refractivity (Wildman–Crippen MR) is 116 cm³/mol. The molecule has 3 aromatic rings. The van der Waals surface area contributed by atoms with Crippen molar-refractivity contribution in [1.29, 1.82) is 0 Å². The van der Waals surface area contributed by atoms with E-state index in [1.165, 1.54) is 5.69 Å². The van der Waals surface area contributed by atoms with Gasteiger partial charge in [0.15, 0.2) is 0 Å². The number of aryl methyl sites for hydroxylation is 2. The molecule has 1 saturated heterocycles. The number of hydrogen-bond acceptors (Lipinski definition) is 5. The molecule has 0 unspecified atom stereocenters. The lowest BCUT2D eigenvalue weighted by Gasteiger charge is -2.29. The molecule has 3 heterocycles. The summed E-state index contributed by atoms with van der Waals surface area (Å²) in [5.74, 6) is -0.0924. The van der Waals surface area contributed by atoms with Gasteiger partial charge < -0.3 is 14.5 Å². The number of benzene rings is 1. The topological polar surface area (TPSA) is 79.3 Å². The molecule has 2 aromatic heterocycles. The number of carbonyl (C=O) groups excluding carboxylic acids is 1. The smallest absolute Gasteiger partial charge is 0.271 e. The number of nitrogens with one attached hydrogen (secondary N) is 1. The molecule has 0 saturated carbocycles. The number of hydrogen-bond donors (Lipinski definition) is 1. The second-order valence-electron chi connectivity index (χ2n) is 7.76. The number of H-pyrrole nitrogens is 1. The van der Waals surface area contributed by atoms with Crippen LogP contribution in [0.25, 0.3) is 11.3 Å². The first-order chi connectivity index (χ1) is 14.4. The standard InChI is InChI=1S/C22H28N6O2/c1-15-21(16(2)27(4)25-15)19-13-20(24-23-19)22(29)26(3)14-17-5-7-18(8-6-17)28-9-11-30-12-10-28/h5-8,13H,9-12,14H2,1-4H3,(H,23,24). The Hall–Kier alpha value is -3.13. The van der Waals surface area contributed by atoms with Gasteiger partial charge in [-0.15, -0.1) is 0 Å². The first kappa shape index (κ1) is 20.2. The molecule has 1 N–H and O–H groups in total. The van der Waals surface area contributed by atoms with Crippen LogP contribution in [0.15, 0.2) is 30.3 Å². The third kappa shape index (κ3) is 3.95. The van der Waals surface area contributed by atoms with Crippen LogP contribution in [-0.4, -0.2) is 64.1 Å². The van der Waals surface area contributed by atoms with Gasteiger partial charge in [-0.1, -0.05) is 12.1 Å². The highest BCUT2D eigenvalue weighted by Gasteiger charge is 2.19. The van der Waals surface area contributed by atoms with E-state index in [0.29, 0.717) is 12.2 Å². The molecule has 8 nitrogen and oxygen atoms in total. The lowest BCUT2D eigenvalue weighted by atomic mass is 10.1. The van der Waals surface area contributed by atoms with E-state index in [4.69, 9.17) is 4.74 Å². The molecule has 4 rings (SSSR count). The Morgan fingerprint density at radius 3 is 2.53 bits per heavy atom. The van der Waals surface area contributed by atoms with Crippen LogP contribution in [0.3, 0.4) is 0 Å². The van der Waals surface area contributed by atoms with Crippen LogP contribution in [0.5, 0.6) is 0 Å². The number of nitrogens with zero attached hydrogens (tertiary/aromatic N) is 5. The van der Waals surface area contributed by atoms with E-state index in [2.05, 4.69) is 44.5 Å². The number of morpholine rings is 1. The maximum Gasteiger partial charge on any atom is 0.271 e. The molecule has 0 radical (unpaired) electrons. The van der Waals surface area contributed by atoms with Crippen LogP contribution >= 0.6 is 0 Å². The minimum Gasteiger partial charge on any atom is -0.378 e. The molecule has 1 aromatic carbocycles. The molecule has 1 aliphatic heterocycles. The number of rotatable bonds is 5. The van der Waals surface area contributed by atoms with Crippen LogP contribution in [0, 0.1) is 13.8 Å².